The first-order valence-corrected chi connectivity index (χ1v) is 6.09. The van der Waals surface area contributed by atoms with Gasteiger partial charge in [-0.25, -0.2) is 0 Å². The molecule has 0 aliphatic heterocycles. The lowest BCUT2D eigenvalue weighted by molar-refractivity contribution is 0.355. The lowest BCUT2D eigenvalue weighted by atomic mass is 10.1. The predicted octanol–water partition coefficient (Wildman–Crippen LogP) is 2.20. The lowest BCUT2D eigenvalue weighted by Gasteiger charge is -2.02. The highest BCUT2D eigenvalue weighted by Gasteiger charge is 2.16. The van der Waals surface area contributed by atoms with Crippen molar-refractivity contribution in [3.8, 4) is 11.5 Å². The second-order valence-electron chi connectivity index (χ2n) is 4.61. The van der Waals surface area contributed by atoms with Crippen LogP contribution in [0.1, 0.15) is 36.3 Å². The Bertz CT molecular complexity index is 536. The van der Waals surface area contributed by atoms with Crippen LogP contribution in [0.25, 0.3) is 11.5 Å². The fraction of sp³-hybridized carbons (Fsp3) is 0.462. The number of aromatic nitrogens is 3. The Hall–Kier alpha value is -1.75. The summed E-state index contributed by atoms with van der Waals surface area (Å²) in [5.41, 5.74) is 8.47. The van der Waals surface area contributed by atoms with Gasteiger partial charge in [-0.3, -0.25) is 4.98 Å². The molecular weight excluding hydrogens is 228 g/mol. The van der Waals surface area contributed by atoms with Gasteiger partial charge in [0, 0.05) is 12.1 Å². The largest absolute Gasteiger partial charge is 0.339 e. The summed E-state index contributed by atoms with van der Waals surface area (Å²) in [4.78, 5) is 8.75. The third kappa shape index (κ3) is 2.56. The summed E-state index contributed by atoms with van der Waals surface area (Å²) in [6, 6.07) is 2.06. The Morgan fingerprint density at radius 1 is 1.39 bits per heavy atom. The maximum atomic E-state index is 5.52. The van der Waals surface area contributed by atoms with Gasteiger partial charge in [0.25, 0.3) is 0 Å². The average Bonchev–Trinajstić information content (AvgIpc) is 2.78. The molecule has 0 aromatic carbocycles. The number of aryl methyl sites for hydroxylation is 2. The summed E-state index contributed by atoms with van der Waals surface area (Å²) in [5, 5.41) is 3.99. The minimum atomic E-state index is 0.182. The molecule has 0 amide bonds. The minimum absolute atomic E-state index is 0.182. The average molecular weight is 246 g/mol. The van der Waals surface area contributed by atoms with Gasteiger partial charge in [-0.15, -0.1) is 0 Å². The quantitative estimate of drug-likeness (QED) is 0.894. The Balaban J connectivity index is 2.29. The smallest absolute Gasteiger partial charge is 0.229 e. The number of nitrogens with two attached hydrogens (primary N) is 1. The van der Waals surface area contributed by atoms with Gasteiger partial charge in [0.2, 0.25) is 11.7 Å². The fourth-order valence-electron chi connectivity index (χ4n) is 1.85. The third-order valence-electron chi connectivity index (χ3n) is 2.89. The SMILES string of the molecule is Cc1cnc(-c2noc(C(C)CCN)n2)c(C)c1. The Morgan fingerprint density at radius 3 is 2.83 bits per heavy atom. The molecular formula is C13H18N4O. The molecule has 1 unspecified atom stereocenters. The molecule has 0 radical (unpaired) electrons. The monoisotopic (exact) mass is 246 g/mol. The highest BCUT2D eigenvalue weighted by molar-refractivity contribution is 5.54. The van der Waals surface area contributed by atoms with Gasteiger partial charge in [-0.1, -0.05) is 18.1 Å². The van der Waals surface area contributed by atoms with Crippen LogP contribution >= 0.6 is 0 Å². The number of hydrogen-bond donors (Lipinski definition) is 1. The van der Waals surface area contributed by atoms with Crippen LogP contribution in [0.15, 0.2) is 16.8 Å². The van der Waals surface area contributed by atoms with Crippen molar-refractivity contribution in [1.82, 2.24) is 15.1 Å². The van der Waals surface area contributed by atoms with E-state index in [0.29, 0.717) is 18.3 Å². The summed E-state index contributed by atoms with van der Waals surface area (Å²) < 4.78 is 5.26. The second-order valence-corrected chi connectivity index (χ2v) is 4.61. The molecule has 2 aromatic rings. The number of pyridine rings is 1. The van der Waals surface area contributed by atoms with Gasteiger partial charge < -0.3 is 10.3 Å². The molecule has 0 fully saturated rings. The first kappa shape index (κ1) is 12.7. The molecule has 5 heteroatoms. The van der Waals surface area contributed by atoms with Crippen molar-refractivity contribution in [2.45, 2.75) is 33.1 Å². The number of rotatable bonds is 4. The maximum Gasteiger partial charge on any atom is 0.229 e. The minimum Gasteiger partial charge on any atom is -0.339 e. The van der Waals surface area contributed by atoms with E-state index >= 15 is 0 Å². The highest BCUT2D eigenvalue weighted by Crippen LogP contribution is 2.22. The summed E-state index contributed by atoms with van der Waals surface area (Å²) >= 11 is 0. The predicted molar refractivity (Wildman–Crippen MR) is 69.1 cm³/mol. The van der Waals surface area contributed by atoms with E-state index < -0.39 is 0 Å². The molecule has 96 valence electrons. The van der Waals surface area contributed by atoms with Crippen molar-refractivity contribution in [2.75, 3.05) is 6.54 Å². The van der Waals surface area contributed by atoms with E-state index in [1.165, 1.54) is 0 Å². The third-order valence-corrected chi connectivity index (χ3v) is 2.89. The number of nitrogens with zero attached hydrogens (tertiary/aromatic N) is 3. The van der Waals surface area contributed by atoms with Crippen molar-refractivity contribution in [3.05, 3.63) is 29.3 Å². The lowest BCUT2D eigenvalue weighted by Crippen LogP contribution is -2.04. The Morgan fingerprint density at radius 2 is 2.17 bits per heavy atom. The maximum absolute atomic E-state index is 5.52. The molecule has 2 rings (SSSR count). The summed E-state index contributed by atoms with van der Waals surface area (Å²) in [6.07, 6.45) is 2.64. The highest BCUT2D eigenvalue weighted by atomic mass is 16.5. The van der Waals surface area contributed by atoms with Crippen LogP contribution in [-0.4, -0.2) is 21.7 Å². The second kappa shape index (κ2) is 5.27. The first-order chi connectivity index (χ1) is 8.61. The molecule has 2 aromatic heterocycles. The fourth-order valence-corrected chi connectivity index (χ4v) is 1.85. The molecule has 18 heavy (non-hydrogen) atoms. The van der Waals surface area contributed by atoms with Gasteiger partial charge in [0.05, 0.1) is 0 Å². The van der Waals surface area contributed by atoms with Crippen molar-refractivity contribution >= 4 is 0 Å². The number of hydrogen-bond acceptors (Lipinski definition) is 5. The van der Waals surface area contributed by atoms with Gasteiger partial charge >= 0.3 is 0 Å². The van der Waals surface area contributed by atoms with Crippen LogP contribution in [-0.2, 0) is 0 Å². The van der Waals surface area contributed by atoms with Crippen LogP contribution in [0.4, 0.5) is 0 Å². The van der Waals surface area contributed by atoms with Gasteiger partial charge in [0.15, 0.2) is 0 Å². The summed E-state index contributed by atoms with van der Waals surface area (Å²) in [7, 11) is 0. The van der Waals surface area contributed by atoms with Crippen molar-refractivity contribution in [2.24, 2.45) is 5.73 Å². The molecule has 0 saturated carbocycles. The molecule has 0 bridgehead atoms. The van der Waals surface area contributed by atoms with E-state index in [9.17, 15) is 0 Å². The van der Waals surface area contributed by atoms with E-state index in [-0.39, 0.29) is 5.92 Å². The van der Waals surface area contributed by atoms with Crippen molar-refractivity contribution in [1.29, 1.82) is 0 Å². The van der Waals surface area contributed by atoms with E-state index in [1.807, 2.05) is 27.0 Å². The molecule has 1 atom stereocenters. The van der Waals surface area contributed by atoms with E-state index in [4.69, 9.17) is 10.3 Å². The van der Waals surface area contributed by atoms with Gasteiger partial charge in [-0.05, 0) is 37.9 Å². The van der Waals surface area contributed by atoms with Crippen LogP contribution in [0.2, 0.25) is 0 Å². The molecule has 5 nitrogen and oxygen atoms in total. The van der Waals surface area contributed by atoms with Crippen LogP contribution in [0, 0.1) is 13.8 Å². The molecule has 2 heterocycles. The van der Waals surface area contributed by atoms with E-state index in [2.05, 4.69) is 21.2 Å². The Kier molecular flexibility index (Phi) is 3.72. The van der Waals surface area contributed by atoms with Crippen molar-refractivity contribution < 1.29 is 4.52 Å². The van der Waals surface area contributed by atoms with Gasteiger partial charge in [-0.2, -0.15) is 4.98 Å². The van der Waals surface area contributed by atoms with E-state index in [1.54, 1.807) is 0 Å². The normalized spacial score (nSPS) is 12.7. The van der Waals surface area contributed by atoms with Crippen LogP contribution in [0.5, 0.6) is 0 Å². The zero-order valence-electron chi connectivity index (χ0n) is 11.0. The molecule has 0 saturated heterocycles. The topological polar surface area (TPSA) is 77.8 Å². The van der Waals surface area contributed by atoms with Gasteiger partial charge in [0.1, 0.15) is 5.69 Å². The van der Waals surface area contributed by atoms with Crippen LogP contribution in [0.3, 0.4) is 0 Å². The zero-order chi connectivity index (χ0) is 13.1. The summed E-state index contributed by atoms with van der Waals surface area (Å²) in [5.74, 6) is 1.35. The molecule has 0 aliphatic carbocycles. The standard InChI is InChI=1S/C13H18N4O/c1-8-6-10(3)11(15-7-8)12-16-13(18-17-12)9(2)4-5-14/h6-7,9H,4-5,14H2,1-3H3. The summed E-state index contributed by atoms with van der Waals surface area (Å²) in [6.45, 7) is 6.64. The Labute approximate surface area is 106 Å². The van der Waals surface area contributed by atoms with Crippen LogP contribution < -0.4 is 5.73 Å². The zero-order valence-corrected chi connectivity index (χ0v) is 11.0. The molecule has 0 spiro atoms. The molecule has 0 aliphatic rings. The van der Waals surface area contributed by atoms with Crippen molar-refractivity contribution in [3.63, 3.8) is 0 Å². The first-order valence-electron chi connectivity index (χ1n) is 6.09. The van der Waals surface area contributed by atoms with E-state index in [0.717, 1.165) is 23.2 Å². The molecule has 2 N–H and O–H groups in total.